The summed E-state index contributed by atoms with van der Waals surface area (Å²) in [5.41, 5.74) is 0.865. The summed E-state index contributed by atoms with van der Waals surface area (Å²) in [5.74, 6) is 3.20. The Balaban J connectivity index is 1.71. The van der Waals surface area contributed by atoms with Crippen LogP contribution < -0.4 is 0 Å². The van der Waals surface area contributed by atoms with Crippen LogP contribution >= 0.6 is 43.2 Å². The molecule has 2 nitrogen and oxygen atoms in total. The Kier molecular flexibility index (Phi) is 10.2. The van der Waals surface area contributed by atoms with Crippen LogP contribution in [0.3, 0.4) is 0 Å². The van der Waals surface area contributed by atoms with Gasteiger partial charge in [-0.2, -0.15) is 0 Å². The third-order valence-electron chi connectivity index (χ3n) is 3.66. The lowest BCUT2D eigenvalue weighted by Gasteiger charge is -2.16. The van der Waals surface area contributed by atoms with Crippen LogP contribution in [0, 0.1) is 12.3 Å². The quantitative estimate of drug-likeness (QED) is 0.0988. The van der Waals surface area contributed by atoms with Gasteiger partial charge in [0, 0.05) is 16.2 Å². The minimum absolute atomic E-state index is 0.214. The molecule has 0 N–H and O–H groups in total. The highest BCUT2D eigenvalue weighted by Crippen LogP contribution is 2.47. The van der Waals surface area contributed by atoms with Crippen molar-refractivity contribution in [1.29, 1.82) is 0 Å². The zero-order valence-electron chi connectivity index (χ0n) is 16.2. The molecule has 0 atom stereocenters. The fraction of sp³-hybridized carbons (Fsp3) is 0.125. The second-order valence-corrected chi connectivity index (χ2v) is 11.2. The highest BCUT2D eigenvalue weighted by molar-refractivity contribution is 8.85. The molecule has 152 valence electrons. The van der Waals surface area contributed by atoms with Crippen molar-refractivity contribution in [2.45, 2.75) is 20.8 Å². The summed E-state index contributed by atoms with van der Waals surface area (Å²) in [7, 11) is 7.16. The van der Waals surface area contributed by atoms with Gasteiger partial charge in [-0.1, -0.05) is 104 Å². The Hall–Kier alpha value is -1.91. The van der Waals surface area contributed by atoms with Gasteiger partial charge in [-0.15, -0.1) is 6.42 Å². The SMILES string of the molecule is C#CCOC(CC(SSc1ccccc1)SSc1ccccc1)=Nc1ccccc1. The number of nitrogens with zero attached hydrogens (tertiary/aromatic N) is 1. The molecule has 3 rings (SSSR count). The number of ether oxygens (including phenoxy) is 1. The van der Waals surface area contributed by atoms with Crippen molar-refractivity contribution in [2.75, 3.05) is 6.61 Å². The maximum Gasteiger partial charge on any atom is 0.191 e. The summed E-state index contributed by atoms with van der Waals surface area (Å²) in [6.45, 7) is 0.214. The Labute approximate surface area is 194 Å². The minimum atomic E-state index is 0.214. The van der Waals surface area contributed by atoms with Crippen molar-refractivity contribution < 1.29 is 4.74 Å². The Morgan fingerprint density at radius 3 is 1.80 bits per heavy atom. The van der Waals surface area contributed by atoms with Gasteiger partial charge in [0.2, 0.25) is 0 Å². The van der Waals surface area contributed by atoms with Crippen LogP contribution in [0.5, 0.6) is 0 Å². The molecule has 0 bridgehead atoms. The summed E-state index contributed by atoms with van der Waals surface area (Å²) in [6.07, 6.45) is 6.09. The molecule has 0 aliphatic rings. The summed E-state index contributed by atoms with van der Waals surface area (Å²) in [6, 6.07) is 30.6. The first-order valence-corrected chi connectivity index (χ1v) is 13.7. The van der Waals surface area contributed by atoms with E-state index in [0.717, 1.165) is 5.69 Å². The molecule has 0 fully saturated rings. The van der Waals surface area contributed by atoms with Gasteiger partial charge in [-0.3, -0.25) is 0 Å². The van der Waals surface area contributed by atoms with E-state index in [0.29, 0.717) is 12.3 Å². The van der Waals surface area contributed by atoms with E-state index in [2.05, 4.69) is 54.5 Å². The lowest BCUT2D eigenvalue weighted by atomic mass is 10.3. The molecular weight excluding hydrogens is 447 g/mol. The predicted octanol–water partition coefficient (Wildman–Crippen LogP) is 7.96. The first-order chi connectivity index (χ1) is 14.8. The van der Waals surface area contributed by atoms with E-state index in [-0.39, 0.29) is 11.2 Å². The molecule has 30 heavy (non-hydrogen) atoms. The maximum atomic E-state index is 5.80. The van der Waals surface area contributed by atoms with Crippen molar-refractivity contribution >= 4 is 54.8 Å². The van der Waals surface area contributed by atoms with Crippen molar-refractivity contribution in [2.24, 2.45) is 4.99 Å². The number of terminal acetylenes is 1. The fourth-order valence-electron chi connectivity index (χ4n) is 2.31. The average molecular weight is 468 g/mol. The first kappa shape index (κ1) is 22.8. The number of para-hydroxylation sites is 1. The predicted molar refractivity (Wildman–Crippen MR) is 137 cm³/mol. The number of benzene rings is 3. The smallest absolute Gasteiger partial charge is 0.191 e. The molecule has 0 aliphatic carbocycles. The van der Waals surface area contributed by atoms with Crippen LogP contribution in [0.4, 0.5) is 5.69 Å². The molecule has 3 aromatic rings. The van der Waals surface area contributed by atoms with Gasteiger partial charge in [0.15, 0.2) is 5.90 Å². The van der Waals surface area contributed by atoms with Crippen molar-refractivity contribution in [3.05, 3.63) is 91.0 Å². The number of rotatable bonds is 10. The maximum absolute atomic E-state index is 5.80. The Bertz CT molecular complexity index is 900. The van der Waals surface area contributed by atoms with E-state index in [4.69, 9.17) is 16.2 Å². The van der Waals surface area contributed by atoms with Crippen molar-refractivity contribution in [1.82, 2.24) is 0 Å². The molecule has 0 amide bonds. The summed E-state index contributed by atoms with van der Waals surface area (Å²) in [4.78, 5) is 7.15. The van der Waals surface area contributed by atoms with Crippen molar-refractivity contribution in [3.63, 3.8) is 0 Å². The Morgan fingerprint density at radius 1 is 0.800 bits per heavy atom. The summed E-state index contributed by atoms with van der Waals surface area (Å²) >= 11 is 0. The van der Waals surface area contributed by atoms with E-state index in [1.807, 2.05) is 64.1 Å². The van der Waals surface area contributed by atoms with E-state index in [1.54, 1.807) is 21.6 Å². The van der Waals surface area contributed by atoms with Gasteiger partial charge < -0.3 is 4.74 Å². The van der Waals surface area contributed by atoms with Crippen LogP contribution in [-0.4, -0.2) is 17.1 Å². The van der Waals surface area contributed by atoms with E-state index >= 15 is 0 Å². The standard InChI is InChI=1S/C24H21NOS4/c1-2-18-26-23(25-20-12-6-3-7-13-20)19-24(29-27-21-14-8-4-9-15-21)30-28-22-16-10-5-11-17-22/h1,3-17,24H,18-19H2. The number of aliphatic imine (C=N–C) groups is 1. The monoisotopic (exact) mass is 467 g/mol. The van der Waals surface area contributed by atoms with Gasteiger partial charge in [0.05, 0.1) is 10.3 Å². The first-order valence-electron chi connectivity index (χ1n) is 9.29. The van der Waals surface area contributed by atoms with Crippen LogP contribution in [0.15, 0.2) is 106 Å². The second-order valence-electron chi connectivity index (χ2n) is 5.95. The number of hydrogen-bond donors (Lipinski definition) is 0. The molecule has 3 aromatic carbocycles. The zero-order valence-corrected chi connectivity index (χ0v) is 19.5. The van der Waals surface area contributed by atoms with Crippen LogP contribution in [0.1, 0.15) is 6.42 Å². The molecule has 0 saturated heterocycles. The molecule has 0 aliphatic heterocycles. The summed E-state index contributed by atoms with van der Waals surface area (Å²) in [5, 5.41) is 0. The molecule has 6 heteroatoms. The molecule has 0 heterocycles. The van der Waals surface area contributed by atoms with Gasteiger partial charge in [-0.05, 0) is 36.4 Å². The lowest BCUT2D eigenvalue weighted by molar-refractivity contribution is 0.348. The lowest BCUT2D eigenvalue weighted by Crippen LogP contribution is -2.11. The van der Waals surface area contributed by atoms with Gasteiger partial charge in [-0.25, -0.2) is 4.99 Å². The summed E-state index contributed by atoms with van der Waals surface area (Å²) < 4.78 is 6.02. The Morgan fingerprint density at radius 2 is 1.30 bits per heavy atom. The van der Waals surface area contributed by atoms with Gasteiger partial charge in [0.1, 0.15) is 6.61 Å². The molecule has 0 saturated carbocycles. The highest BCUT2D eigenvalue weighted by atomic mass is 33.1. The molecule has 0 aromatic heterocycles. The second kappa shape index (κ2) is 13.4. The van der Waals surface area contributed by atoms with Crippen molar-refractivity contribution in [3.8, 4) is 12.3 Å². The molecule has 0 radical (unpaired) electrons. The third-order valence-corrected chi connectivity index (χ3v) is 9.98. The fourth-order valence-corrected chi connectivity index (χ4v) is 8.08. The molecular formula is C24H21NOS4. The average Bonchev–Trinajstić information content (AvgIpc) is 2.81. The number of hydrogen-bond acceptors (Lipinski definition) is 6. The zero-order chi connectivity index (χ0) is 20.9. The van der Waals surface area contributed by atoms with E-state index in [1.165, 1.54) is 9.79 Å². The normalized spacial score (nSPS) is 11.3. The van der Waals surface area contributed by atoms with Gasteiger partial charge >= 0.3 is 0 Å². The van der Waals surface area contributed by atoms with Crippen LogP contribution in [0.2, 0.25) is 0 Å². The van der Waals surface area contributed by atoms with Crippen LogP contribution in [-0.2, 0) is 4.74 Å². The van der Waals surface area contributed by atoms with Crippen LogP contribution in [0.25, 0.3) is 0 Å². The largest absolute Gasteiger partial charge is 0.468 e. The minimum Gasteiger partial charge on any atom is -0.468 e. The third kappa shape index (κ3) is 8.45. The van der Waals surface area contributed by atoms with Gasteiger partial charge in [0.25, 0.3) is 0 Å². The van der Waals surface area contributed by atoms with E-state index < -0.39 is 0 Å². The highest BCUT2D eigenvalue weighted by Gasteiger charge is 2.17. The topological polar surface area (TPSA) is 21.6 Å². The molecule has 0 spiro atoms. The van der Waals surface area contributed by atoms with E-state index in [9.17, 15) is 0 Å². The molecule has 0 unspecified atom stereocenters.